The van der Waals surface area contributed by atoms with E-state index in [0.29, 0.717) is 79.3 Å². The molecular formula is C36H43F2N5O4. The van der Waals surface area contributed by atoms with Crippen LogP contribution in [0.2, 0.25) is 0 Å². The molecule has 250 valence electrons. The molecule has 0 saturated carbocycles. The highest BCUT2D eigenvalue weighted by atomic mass is 19.1. The zero-order valence-corrected chi connectivity index (χ0v) is 27.4. The largest absolute Gasteiger partial charge is 0.508 e. The van der Waals surface area contributed by atoms with Gasteiger partial charge in [-0.15, -0.1) is 0 Å². The molecule has 0 aliphatic carbocycles. The lowest BCUT2D eigenvalue weighted by molar-refractivity contribution is 0.0398. The number of hydrogen-bond acceptors (Lipinski definition) is 9. The Balaban J connectivity index is 1.33. The van der Waals surface area contributed by atoms with Crippen molar-refractivity contribution in [1.29, 1.82) is 0 Å². The number of aromatic nitrogens is 3. The number of ether oxygens (including phenoxy) is 2. The van der Waals surface area contributed by atoms with Gasteiger partial charge in [-0.25, -0.2) is 8.78 Å². The molecule has 2 aromatic carbocycles. The van der Waals surface area contributed by atoms with Gasteiger partial charge in [-0.05, 0) is 99.9 Å². The summed E-state index contributed by atoms with van der Waals surface area (Å²) in [6.45, 7) is 9.30. The molecule has 3 aliphatic rings. The Morgan fingerprint density at radius 1 is 1.06 bits per heavy atom. The topological polar surface area (TPSA) is 104 Å². The second-order valence-corrected chi connectivity index (χ2v) is 13.7. The Morgan fingerprint density at radius 2 is 1.89 bits per heavy atom. The number of rotatable bonds is 9. The van der Waals surface area contributed by atoms with Crippen LogP contribution in [0.4, 0.5) is 14.6 Å². The molecule has 5 heterocycles. The first-order chi connectivity index (χ1) is 22.6. The highest BCUT2D eigenvalue weighted by Crippen LogP contribution is 2.44. The maximum Gasteiger partial charge on any atom is 0.319 e. The van der Waals surface area contributed by atoms with Crippen molar-refractivity contribution in [3.8, 4) is 23.0 Å². The number of β-amino-alcohol motifs (C(OH)–C–C–N with tert-alkyl or cyclic N) is 1. The van der Waals surface area contributed by atoms with E-state index in [2.05, 4.69) is 14.9 Å². The zero-order valence-electron chi connectivity index (χ0n) is 27.4. The van der Waals surface area contributed by atoms with E-state index >= 15 is 4.39 Å². The Kier molecular flexibility index (Phi) is 8.42. The van der Waals surface area contributed by atoms with E-state index in [1.165, 1.54) is 18.3 Å². The van der Waals surface area contributed by atoms with Gasteiger partial charge in [0, 0.05) is 37.5 Å². The lowest BCUT2D eigenvalue weighted by Gasteiger charge is -2.38. The molecule has 4 aromatic rings. The van der Waals surface area contributed by atoms with Crippen LogP contribution in [0, 0.1) is 11.6 Å². The van der Waals surface area contributed by atoms with E-state index < -0.39 is 17.2 Å². The van der Waals surface area contributed by atoms with Gasteiger partial charge in [0.2, 0.25) is 0 Å². The lowest BCUT2D eigenvalue weighted by Crippen LogP contribution is -2.48. The van der Waals surface area contributed by atoms with Crippen molar-refractivity contribution in [2.24, 2.45) is 0 Å². The van der Waals surface area contributed by atoms with Crippen molar-refractivity contribution in [3.63, 3.8) is 0 Å². The number of halogens is 2. The van der Waals surface area contributed by atoms with Crippen LogP contribution in [0.25, 0.3) is 32.9 Å². The van der Waals surface area contributed by atoms with Crippen LogP contribution in [0.3, 0.4) is 0 Å². The van der Waals surface area contributed by atoms with Crippen LogP contribution in [0.5, 0.6) is 11.8 Å². The Labute approximate surface area is 273 Å². The molecule has 3 atom stereocenters. The molecule has 3 fully saturated rings. The van der Waals surface area contributed by atoms with Crippen LogP contribution in [-0.2, 0) is 11.2 Å². The van der Waals surface area contributed by atoms with Crippen molar-refractivity contribution in [2.45, 2.75) is 82.9 Å². The molecule has 7 rings (SSSR count). The van der Waals surface area contributed by atoms with E-state index in [4.69, 9.17) is 14.5 Å². The average Bonchev–Trinajstić information content (AvgIpc) is 3.61. The predicted molar refractivity (Wildman–Crippen MR) is 177 cm³/mol. The number of aryl methyl sites for hydroxylation is 1. The van der Waals surface area contributed by atoms with Gasteiger partial charge in [0.25, 0.3) is 0 Å². The minimum Gasteiger partial charge on any atom is -0.508 e. The van der Waals surface area contributed by atoms with Gasteiger partial charge in [-0.3, -0.25) is 9.88 Å². The van der Waals surface area contributed by atoms with Crippen LogP contribution < -0.4 is 9.64 Å². The molecule has 11 heteroatoms. The van der Waals surface area contributed by atoms with Crippen LogP contribution in [-0.4, -0.2) is 86.7 Å². The number of anilines is 1. The molecular weight excluding hydrogens is 604 g/mol. The van der Waals surface area contributed by atoms with Gasteiger partial charge in [-0.1, -0.05) is 13.0 Å². The third kappa shape index (κ3) is 5.76. The molecule has 2 aromatic heterocycles. The van der Waals surface area contributed by atoms with E-state index in [1.54, 1.807) is 19.1 Å². The van der Waals surface area contributed by atoms with E-state index in [0.717, 1.165) is 38.6 Å². The normalized spacial score (nSPS) is 24.8. The number of benzene rings is 2. The molecule has 9 nitrogen and oxygen atoms in total. The van der Waals surface area contributed by atoms with E-state index in [1.807, 2.05) is 18.7 Å². The quantitative estimate of drug-likeness (QED) is 0.221. The summed E-state index contributed by atoms with van der Waals surface area (Å²) < 4.78 is 44.1. The second kappa shape index (κ2) is 12.4. The molecule has 3 aliphatic heterocycles. The number of aromatic hydroxyl groups is 1. The van der Waals surface area contributed by atoms with Crippen LogP contribution in [0.15, 0.2) is 30.5 Å². The molecule has 0 amide bonds. The first-order valence-corrected chi connectivity index (χ1v) is 16.9. The number of fused-ring (bicyclic) bond motifs is 3. The standard InChI is InChI=1S/C36H43F2N5O4/c1-4-25-28(37)9-8-22-16-24(44)17-26(29(22)25)31-30(38)32-27(18-39-31)33(42-14-6-11-35(3,45)20-42)41-34(40-32)47-21-36-12-7-15-43(36)23(10-13-36)19-46-5-2/h8-9,16-18,23,44-45H,4-7,10-15,19-21H2,1-3H3/t23-,35+,36-/m0/s1. The van der Waals surface area contributed by atoms with E-state index in [9.17, 15) is 14.6 Å². The maximum atomic E-state index is 16.9. The fourth-order valence-corrected chi connectivity index (χ4v) is 8.19. The summed E-state index contributed by atoms with van der Waals surface area (Å²) in [5.74, 6) is -0.743. The van der Waals surface area contributed by atoms with Crippen molar-refractivity contribution < 1.29 is 28.5 Å². The number of pyridine rings is 1. The first-order valence-electron chi connectivity index (χ1n) is 16.9. The minimum atomic E-state index is -0.938. The van der Waals surface area contributed by atoms with Gasteiger partial charge in [-0.2, -0.15) is 9.97 Å². The van der Waals surface area contributed by atoms with Crippen molar-refractivity contribution >= 4 is 27.5 Å². The Morgan fingerprint density at radius 3 is 2.68 bits per heavy atom. The number of piperidine rings is 1. The highest BCUT2D eigenvalue weighted by Gasteiger charge is 2.50. The molecule has 3 saturated heterocycles. The average molecular weight is 648 g/mol. The third-order valence-corrected chi connectivity index (χ3v) is 10.4. The highest BCUT2D eigenvalue weighted by molar-refractivity contribution is 6.01. The van der Waals surface area contributed by atoms with Gasteiger partial charge in [0.1, 0.15) is 35.2 Å². The van der Waals surface area contributed by atoms with Crippen molar-refractivity contribution in [1.82, 2.24) is 19.9 Å². The number of phenolic OH excluding ortho intramolecular Hbond substituents is 1. The van der Waals surface area contributed by atoms with Crippen LogP contribution in [0.1, 0.15) is 64.9 Å². The Hall–Kier alpha value is -3.67. The Bertz CT molecular complexity index is 1820. The summed E-state index contributed by atoms with van der Waals surface area (Å²) in [6, 6.07) is 6.30. The third-order valence-electron chi connectivity index (χ3n) is 10.4. The smallest absolute Gasteiger partial charge is 0.319 e. The summed E-state index contributed by atoms with van der Waals surface area (Å²) in [6.07, 6.45) is 7.36. The van der Waals surface area contributed by atoms with Gasteiger partial charge >= 0.3 is 6.01 Å². The molecule has 0 spiro atoms. The molecule has 0 radical (unpaired) electrons. The summed E-state index contributed by atoms with van der Waals surface area (Å²) >= 11 is 0. The monoisotopic (exact) mass is 647 g/mol. The maximum absolute atomic E-state index is 16.9. The van der Waals surface area contributed by atoms with Gasteiger partial charge in [0.05, 0.1) is 23.1 Å². The number of hydrogen-bond donors (Lipinski definition) is 2. The SMILES string of the molecule is CCOC[C@@H]1CC[C@]2(COc3nc(N4CCC[C@@](C)(O)C4)c4cnc(-c5cc(O)cc6ccc(F)c(CC)c56)c(F)c4n3)CCCN12. The zero-order chi connectivity index (χ0) is 32.9. The van der Waals surface area contributed by atoms with Gasteiger partial charge in [0.15, 0.2) is 5.82 Å². The van der Waals surface area contributed by atoms with E-state index in [-0.39, 0.29) is 34.1 Å². The fourth-order valence-electron chi connectivity index (χ4n) is 8.19. The second-order valence-electron chi connectivity index (χ2n) is 13.7. The summed E-state index contributed by atoms with van der Waals surface area (Å²) in [4.78, 5) is 18.5. The van der Waals surface area contributed by atoms with Crippen molar-refractivity contribution in [2.75, 3.05) is 44.4 Å². The summed E-state index contributed by atoms with van der Waals surface area (Å²) in [5.41, 5.74) is -0.417. The molecule has 2 N–H and O–H groups in total. The summed E-state index contributed by atoms with van der Waals surface area (Å²) in [7, 11) is 0. The lowest BCUT2D eigenvalue weighted by atomic mass is 9.94. The number of nitrogens with zero attached hydrogens (tertiary/aromatic N) is 5. The molecule has 0 unspecified atom stereocenters. The molecule has 47 heavy (non-hydrogen) atoms. The predicted octanol–water partition coefficient (Wildman–Crippen LogP) is 6.15. The van der Waals surface area contributed by atoms with Crippen molar-refractivity contribution in [3.05, 3.63) is 47.7 Å². The first kappa shape index (κ1) is 31.9. The number of phenols is 1. The fraction of sp³-hybridized carbons (Fsp3) is 0.528. The number of aliphatic hydroxyl groups is 1. The van der Waals surface area contributed by atoms with Crippen LogP contribution >= 0.6 is 0 Å². The van der Waals surface area contributed by atoms with Gasteiger partial charge < -0.3 is 24.6 Å². The molecule has 0 bridgehead atoms. The summed E-state index contributed by atoms with van der Waals surface area (Å²) in [5, 5.41) is 23.0. The minimum absolute atomic E-state index is 0.0209.